The number of carbonyl (C=O) groups is 2. The van der Waals surface area contributed by atoms with Gasteiger partial charge in [-0.3, -0.25) is 9.59 Å². The molecule has 4 rings (SSSR count). The highest BCUT2D eigenvalue weighted by Gasteiger charge is 2.29. The van der Waals surface area contributed by atoms with E-state index in [0.717, 1.165) is 22.9 Å². The zero-order valence-corrected chi connectivity index (χ0v) is 20.0. The summed E-state index contributed by atoms with van der Waals surface area (Å²) in [6.45, 7) is 4.33. The first kappa shape index (κ1) is 23.0. The molecule has 1 amide bonds. The van der Waals surface area contributed by atoms with Crippen LogP contribution in [0.2, 0.25) is 5.02 Å². The van der Waals surface area contributed by atoms with Gasteiger partial charge >= 0.3 is 0 Å². The van der Waals surface area contributed by atoms with Crippen LogP contribution in [0.3, 0.4) is 0 Å². The monoisotopic (exact) mass is 482 g/mol. The molecule has 1 aromatic heterocycles. The third kappa shape index (κ3) is 4.65. The fourth-order valence-electron chi connectivity index (χ4n) is 4.07. The number of ketones is 1. The number of rotatable bonds is 5. The van der Waals surface area contributed by atoms with E-state index in [2.05, 4.69) is 4.72 Å². The average Bonchev–Trinajstić information content (AvgIpc) is 3.03. The largest absolute Gasteiger partial charge is 0.331 e. The van der Waals surface area contributed by atoms with Crippen LogP contribution in [0.15, 0.2) is 54.6 Å². The van der Waals surface area contributed by atoms with Crippen LogP contribution in [0.1, 0.15) is 39.2 Å². The zero-order chi connectivity index (χ0) is 23.9. The van der Waals surface area contributed by atoms with Crippen molar-refractivity contribution in [3.8, 4) is 0 Å². The minimum absolute atomic E-state index is 0.103. The van der Waals surface area contributed by atoms with Gasteiger partial charge in [0.2, 0.25) is 10.0 Å². The average molecular weight is 483 g/mol. The van der Waals surface area contributed by atoms with E-state index in [4.69, 9.17) is 11.6 Å². The van der Waals surface area contributed by atoms with E-state index in [1.807, 2.05) is 32.0 Å². The van der Waals surface area contributed by atoms with Gasteiger partial charge in [0.1, 0.15) is 5.69 Å². The number of fused-ring (bicyclic) bond motifs is 1. The van der Waals surface area contributed by atoms with Crippen molar-refractivity contribution in [2.24, 2.45) is 0 Å². The smallest absolute Gasteiger partial charge is 0.282 e. The summed E-state index contributed by atoms with van der Waals surface area (Å²) in [5.41, 5.74) is 4.69. The fraction of sp³-hybridized carbons (Fsp3) is 0.200. The van der Waals surface area contributed by atoms with Crippen LogP contribution in [0.25, 0.3) is 16.5 Å². The van der Waals surface area contributed by atoms with E-state index in [1.54, 1.807) is 41.0 Å². The topological polar surface area (TPSA) is 85.2 Å². The van der Waals surface area contributed by atoms with E-state index < -0.39 is 15.9 Å². The first-order valence-corrected chi connectivity index (χ1v) is 12.6. The summed E-state index contributed by atoms with van der Waals surface area (Å²) in [7, 11) is -3.84. The molecule has 6 nitrogen and oxygen atoms in total. The van der Waals surface area contributed by atoms with Gasteiger partial charge in [0.25, 0.3) is 5.91 Å². The summed E-state index contributed by atoms with van der Waals surface area (Å²) >= 11 is 6.29. The van der Waals surface area contributed by atoms with E-state index in [-0.39, 0.29) is 17.9 Å². The van der Waals surface area contributed by atoms with E-state index in [1.165, 1.54) is 0 Å². The number of benzene rings is 2. The molecular weight excluding hydrogens is 460 g/mol. The molecule has 1 aliphatic carbocycles. The minimum atomic E-state index is -3.84. The van der Waals surface area contributed by atoms with Gasteiger partial charge in [-0.05, 0) is 48.7 Å². The van der Waals surface area contributed by atoms with Crippen molar-refractivity contribution in [2.75, 3.05) is 6.26 Å². The summed E-state index contributed by atoms with van der Waals surface area (Å²) < 4.78 is 27.7. The Morgan fingerprint density at radius 1 is 1.12 bits per heavy atom. The number of sulfonamides is 1. The van der Waals surface area contributed by atoms with Crippen LogP contribution < -0.4 is 4.72 Å². The Morgan fingerprint density at radius 3 is 2.55 bits per heavy atom. The highest BCUT2D eigenvalue weighted by Crippen LogP contribution is 2.36. The molecule has 0 aliphatic heterocycles. The first-order valence-electron chi connectivity index (χ1n) is 10.4. The number of halogens is 1. The number of hydrogen-bond acceptors (Lipinski definition) is 4. The Bertz CT molecular complexity index is 1480. The predicted molar refractivity (Wildman–Crippen MR) is 131 cm³/mol. The molecule has 0 bridgehead atoms. The lowest BCUT2D eigenvalue weighted by atomic mass is 9.93. The third-order valence-electron chi connectivity index (χ3n) is 5.70. The Balaban J connectivity index is 2.04. The molecule has 0 saturated carbocycles. The number of carbonyl (C=O) groups excluding carboxylic acids is 2. The van der Waals surface area contributed by atoms with Gasteiger partial charge in [0.15, 0.2) is 5.78 Å². The fourth-order valence-corrected chi connectivity index (χ4v) is 4.67. The van der Waals surface area contributed by atoms with Crippen LogP contribution >= 0.6 is 11.6 Å². The van der Waals surface area contributed by atoms with Crippen LogP contribution in [0, 0.1) is 13.8 Å². The Hall–Kier alpha value is -3.16. The molecule has 1 aliphatic rings. The zero-order valence-electron chi connectivity index (χ0n) is 18.5. The molecule has 0 fully saturated rings. The molecule has 3 aromatic rings. The summed E-state index contributed by atoms with van der Waals surface area (Å²) in [6.07, 6.45) is 6.27. The highest BCUT2D eigenvalue weighted by atomic mass is 35.5. The lowest BCUT2D eigenvalue weighted by Crippen LogP contribution is -2.32. The summed E-state index contributed by atoms with van der Waals surface area (Å²) in [5, 5.41) is 1.06. The molecule has 8 heteroatoms. The maximum absolute atomic E-state index is 13.3. The number of aryl methyl sites for hydroxylation is 2. The van der Waals surface area contributed by atoms with Gasteiger partial charge < -0.3 is 4.57 Å². The van der Waals surface area contributed by atoms with Crippen molar-refractivity contribution >= 4 is 49.8 Å². The molecule has 0 radical (unpaired) electrons. The molecule has 0 spiro atoms. The van der Waals surface area contributed by atoms with Crippen LogP contribution in [0.5, 0.6) is 0 Å². The van der Waals surface area contributed by atoms with Crippen molar-refractivity contribution in [1.29, 1.82) is 0 Å². The van der Waals surface area contributed by atoms with Gasteiger partial charge in [0.05, 0.1) is 6.26 Å². The highest BCUT2D eigenvalue weighted by molar-refractivity contribution is 7.89. The van der Waals surface area contributed by atoms with Crippen LogP contribution in [0.4, 0.5) is 0 Å². The van der Waals surface area contributed by atoms with Crippen molar-refractivity contribution in [3.05, 3.63) is 87.6 Å². The van der Waals surface area contributed by atoms with Gasteiger partial charge in [-0.2, -0.15) is 0 Å². The number of aromatic nitrogens is 1. The number of amides is 1. The molecule has 0 atom stereocenters. The first-order chi connectivity index (χ1) is 15.5. The Labute approximate surface area is 197 Å². The van der Waals surface area contributed by atoms with Crippen molar-refractivity contribution in [3.63, 3.8) is 0 Å². The number of nitrogens with one attached hydrogen (secondary N) is 1. The molecule has 2 aromatic carbocycles. The van der Waals surface area contributed by atoms with Crippen molar-refractivity contribution in [2.45, 2.75) is 26.8 Å². The second-order valence-corrected chi connectivity index (χ2v) is 10.4. The van der Waals surface area contributed by atoms with Crippen LogP contribution in [-0.2, 0) is 21.4 Å². The maximum atomic E-state index is 13.3. The second kappa shape index (κ2) is 8.65. The summed E-state index contributed by atoms with van der Waals surface area (Å²) in [5.74, 6) is -0.956. The molecular formula is C25H23ClN2O4S. The third-order valence-corrected chi connectivity index (χ3v) is 6.49. The minimum Gasteiger partial charge on any atom is -0.331 e. The molecule has 170 valence electrons. The van der Waals surface area contributed by atoms with E-state index in [0.29, 0.717) is 33.6 Å². The van der Waals surface area contributed by atoms with E-state index in [9.17, 15) is 18.0 Å². The SMILES string of the molecule is Cc1ccc(Cn2c(C(=O)NS(C)(=O)=O)c(C3=CC=CCC3=O)c3cc(Cl)ccc32)cc1C. The van der Waals surface area contributed by atoms with Gasteiger partial charge in [0, 0.05) is 40.0 Å². The summed E-state index contributed by atoms with van der Waals surface area (Å²) in [4.78, 5) is 26.1. The lowest BCUT2D eigenvalue weighted by molar-refractivity contribution is -0.113. The summed E-state index contributed by atoms with van der Waals surface area (Å²) in [6, 6.07) is 11.2. The van der Waals surface area contributed by atoms with Crippen molar-refractivity contribution < 1.29 is 18.0 Å². The lowest BCUT2D eigenvalue weighted by Gasteiger charge is -2.14. The standard InChI is InChI=1S/C25H23ClN2O4S/c1-15-8-9-17(12-16(15)2)14-28-21-11-10-18(26)13-20(21)23(19-6-4-5-7-22(19)29)24(28)25(30)27-33(3,31)32/h4-6,8-13H,7,14H2,1-3H3,(H,27,30). The second-order valence-electron chi connectivity index (χ2n) is 8.23. The Kier molecular flexibility index (Phi) is 6.03. The molecule has 1 heterocycles. The molecule has 1 N–H and O–H groups in total. The molecule has 0 saturated heterocycles. The molecule has 0 unspecified atom stereocenters. The number of allylic oxidation sites excluding steroid dienone is 4. The molecule has 33 heavy (non-hydrogen) atoms. The normalized spacial score (nSPS) is 13.9. The maximum Gasteiger partial charge on any atom is 0.282 e. The van der Waals surface area contributed by atoms with E-state index >= 15 is 0 Å². The quantitative estimate of drug-likeness (QED) is 0.577. The van der Waals surface area contributed by atoms with Gasteiger partial charge in [-0.15, -0.1) is 0 Å². The van der Waals surface area contributed by atoms with Crippen molar-refractivity contribution in [1.82, 2.24) is 9.29 Å². The Morgan fingerprint density at radius 2 is 1.88 bits per heavy atom. The van der Waals surface area contributed by atoms with Gasteiger partial charge in [-0.25, -0.2) is 13.1 Å². The predicted octanol–water partition coefficient (Wildman–Crippen LogP) is 4.56. The van der Waals surface area contributed by atoms with Gasteiger partial charge in [-0.1, -0.05) is 48.0 Å². The number of Topliss-reactive ketones (excluding diaryl/α,β-unsaturated/α-hetero) is 1. The van der Waals surface area contributed by atoms with Crippen LogP contribution in [-0.4, -0.2) is 30.9 Å². The number of hydrogen-bond donors (Lipinski definition) is 1. The number of nitrogens with zero attached hydrogens (tertiary/aromatic N) is 1.